The molecule has 2 amide bonds. The number of hydrogen-bond donors (Lipinski definition) is 1. The van der Waals surface area contributed by atoms with Gasteiger partial charge in [0.05, 0.1) is 23.3 Å². The van der Waals surface area contributed by atoms with E-state index in [1.807, 2.05) is 18.7 Å². The molecule has 0 saturated carbocycles. The number of anilines is 2. The molecule has 1 saturated heterocycles. The Labute approximate surface area is 139 Å². The molecule has 1 N–H and O–H groups in total. The molecule has 0 atom stereocenters. The topological polar surface area (TPSA) is 74.2 Å². The molecular weight excluding hydrogens is 312 g/mol. The number of hydrogen-bond acceptors (Lipinski definition) is 6. The number of aromatic nitrogens is 3. The molecule has 2 aromatic rings. The second-order valence-electron chi connectivity index (χ2n) is 5.57. The molecule has 8 heteroatoms. The van der Waals surface area contributed by atoms with Crippen molar-refractivity contribution in [1.82, 2.24) is 20.1 Å². The quantitative estimate of drug-likeness (QED) is 0.913. The minimum atomic E-state index is -0.0905. The standard InChI is InChI=1S/C15H20N6OS/c1-10-12(3)23-15(17-10)21-8-6-20(7-9-21)14(22)18-13-4-5-16-19-11(13)2/h4-5H,6-9H2,1-3H3,(H,16,18,22). The van der Waals surface area contributed by atoms with Gasteiger partial charge in [-0.1, -0.05) is 0 Å². The average Bonchev–Trinajstić information content (AvgIpc) is 2.89. The van der Waals surface area contributed by atoms with Gasteiger partial charge in [-0.05, 0) is 26.8 Å². The van der Waals surface area contributed by atoms with Gasteiger partial charge in [-0.25, -0.2) is 9.78 Å². The number of rotatable bonds is 2. The van der Waals surface area contributed by atoms with E-state index >= 15 is 0 Å². The van der Waals surface area contributed by atoms with E-state index < -0.39 is 0 Å². The van der Waals surface area contributed by atoms with Crippen molar-refractivity contribution in [3.63, 3.8) is 0 Å². The molecule has 0 spiro atoms. The summed E-state index contributed by atoms with van der Waals surface area (Å²) in [4.78, 5) is 22.3. The van der Waals surface area contributed by atoms with E-state index in [-0.39, 0.29) is 6.03 Å². The lowest BCUT2D eigenvalue weighted by molar-refractivity contribution is 0.208. The monoisotopic (exact) mass is 332 g/mol. The van der Waals surface area contributed by atoms with Gasteiger partial charge in [-0.15, -0.1) is 11.3 Å². The number of nitrogens with one attached hydrogen (secondary N) is 1. The molecule has 1 aliphatic rings. The van der Waals surface area contributed by atoms with Crippen molar-refractivity contribution in [2.24, 2.45) is 0 Å². The van der Waals surface area contributed by atoms with Crippen LogP contribution < -0.4 is 10.2 Å². The normalized spacial score (nSPS) is 14.9. The lowest BCUT2D eigenvalue weighted by Gasteiger charge is -2.34. The molecule has 1 fully saturated rings. The SMILES string of the molecule is Cc1nnccc1NC(=O)N1CCN(c2nc(C)c(C)s2)CC1. The summed E-state index contributed by atoms with van der Waals surface area (Å²) in [6, 6.07) is 1.67. The molecule has 0 bridgehead atoms. The van der Waals surface area contributed by atoms with Crippen LogP contribution in [0.5, 0.6) is 0 Å². The number of urea groups is 1. The highest BCUT2D eigenvalue weighted by atomic mass is 32.1. The third kappa shape index (κ3) is 3.42. The predicted molar refractivity (Wildman–Crippen MR) is 91.2 cm³/mol. The number of carbonyl (C=O) groups excluding carboxylic acids is 1. The van der Waals surface area contributed by atoms with Crippen molar-refractivity contribution in [2.45, 2.75) is 20.8 Å². The summed E-state index contributed by atoms with van der Waals surface area (Å²) >= 11 is 1.72. The highest BCUT2D eigenvalue weighted by molar-refractivity contribution is 7.15. The van der Waals surface area contributed by atoms with Crippen LogP contribution in [0.15, 0.2) is 12.3 Å². The van der Waals surface area contributed by atoms with Crippen LogP contribution in [0, 0.1) is 20.8 Å². The van der Waals surface area contributed by atoms with E-state index in [1.165, 1.54) is 4.88 Å². The predicted octanol–water partition coefficient (Wildman–Crippen LogP) is 2.21. The van der Waals surface area contributed by atoms with E-state index in [0.29, 0.717) is 24.5 Å². The fraction of sp³-hybridized carbons (Fsp3) is 0.467. The molecular formula is C15H20N6OS. The van der Waals surface area contributed by atoms with E-state index in [9.17, 15) is 4.79 Å². The van der Waals surface area contributed by atoms with Gasteiger partial charge in [-0.2, -0.15) is 10.2 Å². The summed E-state index contributed by atoms with van der Waals surface area (Å²) in [6.45, 7) is 8.91. The largest absolute Gasteiger partial charge is 0.345 e. The maximum Gasteiger partial charge on any atom is 0.322 e. The van der Waals surface area contributed by atoms with Crippen LogP contribution in [-0.2, 0) is 0 Å². The highest BCUT2D eigenvalue weighted by Gasteiger charge is 2.23. The first kappa shape index (κ1) is 15.7. The highest BCUT2D eigenvalue weighted by Crippen LogP contribution is 2.26. The third-order valence-corrected chi connectivity index (χ3v) is 5.14. The fourth-order valence-corrected chi connectivity index (χ4v) is 3.38. The van der Waals surface area contributed by atoms with Crippen LogP contribution >= 0.6 is 11.3 Å². The lowest BCUT2D eigenvalue weighted by Crippen LogP contribution is -2.50. The second kappa shape index (κ2) is 6.49. The molecule has 23 heavy (non-hydrogen) atoms. The fourth-order valence-electron chi connectivity index (χ4n) is 2.42. The Kier molecular flexibility index (Phi) is 4.42. The van der Waals surface area contributed by atoms with E-state index in [2.05, 4.69) is 32.3 Å². The molecule has 0 radical (unpaired) electrons. The van der Waals surface area contributed by atoms with Gasteiger partial charge in [0.1, 0.15) is 0 Å². The number of thiazole rings is 1. The first-order valence-electron chi connectivity index (χ1n) is 7.58. The van der Waals surface area contributed by atoms with Crippen molar-refractivity contribution in [2.75, 3.05) is 36.4 Å². The number of carbonyl (C=O) groups is 1. The minimum Gasteiger partial charge on any atom is -0.345 e. The van der Waals surface area contributed by atoms with Gasteiger partial charge in [-0.3, -0.25) is 0 Å². The zero-order valence-electron chi connectivity index (χ0n) is 13.5. The van der Waals surface area contributed by atoms with E-state index in [1.54, 1.807) is 23.6 Å². The van der Waals surface area contributed by atoms with Gasteiger partial charge in [0.25, 0.3) is 0 Å². The summed E-state index contributed by atoms with van der Waals surface area (Å²) < 4.78 is 0. The molecule has 3 heterocycles. The second-order valence-corrected chi connectivity index (χ2v) is 6.75. The molecule has 3 rings (SSSR count). The van der Waals surface area contributed by atoms with Crippen LogP contribution in [0.1, 0.15) is 16.3 Å². The maximum absolute atomic E-state index is 12.4. The van der Waals surface area contributed by atoms with Crippen molar-refractivity contribution >= 4 is 28.2 Å². The summed E-state index contributed by atoms with van der Waals surface area (Å²) in [7, 11) is 0. The Hall–Kier alpha value is -2.22. The zero-order valence-corrected chi connectivity index (χ0v) is 14.4. The van der Waals surface area contributed by atoms with Crippen LogP contribution in [0.3, 0.4) is 0 Å². The Morgan fingerprint density at radius 3 is 2.52 bits per heavy atom. The van der Waals surface area contributed by atoms with E-state index in [0.717, 1.165) is 23.9 Å². The Bertz CT molecular complexity index is 688. The number of nitrogens with zero attached hydrogens (tertiary/aromatic N) is 5. The molecule has 1 aliphatic heterocycles. The third-order valence-electron chi connectivity index (χ3n) is 4.00. The van der Waals surface area contributed by atoms with Crippen molar-refractivity contribution < 1.29 is 4.79 Å². The summed E-state index contributed by atoms with van der Waals surface area (Å²) in [6.07, 6.45) is 1.58. The Balaban J connectivity index is 1.58. The summed E-state index contributed by atoms with van der Waals surface area (Å²) in [5.41, 5.74) is 2.51. The van der Waals surface area contributed by atoms with Crippen LogP contribution in [0.4, 0.5) is 15.6 Å². The smallest absolute Gasteiger partial charge is 0.322 e. The average molecular weight is 332 g/mol. The van der Waals surface area contributed by atoms with Crippen LogP contribution in [-0.4, -0.2) is 52.3 Å². The molecule has 0 aliphatic carbocycles. The summed E-state index contributed by atoms with van der Waals surface area (Å²) in [5, 5.41) is 11.7. The maximum atomic E-state index is 12.4. The van der Waals surface area contributed by atoms with Gasteiger partial charge in [0, 0.05) is 31.1 Å². The zero-order chi connectivity index (χ0) is 16.4. The van der Waals surface area contributed by atoms with Crippen molar-refractivity contribution in [3.8, 4) is 0 Å². The minimum absolute atomic E-state index is 0.0905. The number of amides is 2. The van der Waals surface area contributed by atoms with Crippen molar-refractivity contribution in [1.29, 1.82) is 0 Å². The van der Waals surface area contributed by atoms with Crippen LogP contribution in [0.25, 0.3) is 0 Å². The van der Waals surface area contributed by atoms with Gasteiger partial charge in [0.2, 0.25) is 0 Å². The lowest BCUT2D eigenvalue weighted by atomic mass is 10.3. The molecule has 2 aromatic heterocycles. The molecule has 122 valence electrons. The van der Waals surface area contributed by atoms with Gasteiger partial charge >= 0.3 is 6.03 Å². The first-order chi connectivity index (χ1) is 11.0. The van der Waals surface area contributed by atoms with Crippen molar-refractivity contribution in [3.05, 3.63) is 28.5 Å². The van der Waals surface area contributed by atoms with Crippen LogP contribution in [0.2, 0.25) is 0 Å². The van der Waals surface area contributed by atoms with E-state index in [4.69, 9.17) is 0 Å². The number of aryl methyl sites for hydroxylation is 3. The Morgan fingerprint density at radius 2 is 1.91 bits per heavy atom. The van der Waals surface area contributed by atoms with Gasteiger partial charge < -0.3 is 15.1 Å². The molecule has 0 unspecified atom stereocenters. The Morgan fingerprint density at radius 1 is 1.17 bits per heavy atom. The molecule has 7 nitrogen and oxygen atoms in total. The van der Waals surface area contributed by atoms with Gasteiger partial charge in [0.15, 0.2) is 5.13 Å². The molecule has 0 aromatic carbocycles. The first-order valence-corrected chi connectivity index (χ1v) is 8.39. The number of piperazine rings is 1. The summed E-state index contributed by atoms with van der Waals surface area (Å²) in [5.74, 6) is 0.